The molecule has 0 bridgehead atoms. The van der Waals surface area contributed by atoms with Crippen LogP contribution in [0.4, 0.5) is 0 Å². The summed E-state index contributed by atoms with van der Waals surface area (Å²) >= 11 is 11.9. The van der Waals surface area contributed by atoms with Gasteiger partial charge in [0.05, 0.1) is 10.6 Å². The van der Waals surface area contributed by atoms with Gasteiger partial charge in [0.1, 0.15) is 0 Å². The Morgan fingerprint density at radius 1 is 1.00 bits per heavy atom. The second-order valence-electron chi connectivity index (χ2n) is 6.86. The predicted molar refractivity (Wildman–Crippen MR) is 101 cm³/mol. The second-order valence-corrected chi connectivity index (χ2v) is 7.71. The molecule has 2 aromatic rings. The Bertz CT molecular complexity index is 790. The first kappa shape index (κ1) is 19.5. The van der Waals surface area contributed by atoms with Gasteiger partial charge in [-0.25, -0.2) is 4.79 Å². The number of Topliss-reactive ketones (excluding diaryl/α,β-unsaturated/α-hetero) is 1. The van der Waals surface area contributed by atoms with E-state index in [1.807, 2.05) is 12.1 Å². The summed E-state index contributed by atoms with van der Waals surface area (Å²) in [7, 11) is 0. The summed E-state index contributed by atoms with van der Waals surface area (Å²) in [6, 6.07) is 11.8. The molecule has 0 aromatic heterocycles. The first-order chi connectivity index (χ1) is 11.6. The van der Waals surface area contributed by atoms with Crippen LogP contribution in [0.25, 0.3) is 0 Å². The molecule has 1 atom stereocenters. The number of benzene rings is 2. The Balaban J connectivity index is 2.12. The molecule has 0 heterocycles. The highest BCUT2D eigenvalue weighted by Crippen LogP contribution is 2.24. The summed E-state index contributed by atoms with van der Waals surface area (Å²) in [6.45, 7) is 7.84. The minimum atomic E-state index is -0.928. The number of carbonyl (C=O) groups is 2. The Hall–Kier alpha value is -1.84. The molecule has 0 radical (unpaired) electrons. The Morgan fingerprint density at radius 2 is 1.60 bits per heavy atom. The van der Waals surface area contributed by atoms with E-state index in [1.54, 1.807) is 18.2 Å². The quantitative estimate of drug-likeness (QED) is 0.504. The van der Waals surface area contributed by atoms with E-state index in [4.69, 9.17) is 27.9 Å². The van der Waals surface area contributed by atoms with Gasteiger partial charge in [0.15, 0.2) is 6.10 Å². The highest BCUT2D eigenvalue weighted by Gasteiger charge is 2.22. The van der Waals surface area contributed by atoms with Gasteiger partial charge in [-0.2, -0.15) is 0 Å². The average molecular weight is 379 g/mol. The standard InChI is InChI=1S/C20H20Cl2O3/c1-12(25-19(24)16-11-15(21)9-10-17(16)22)18(23)13-5-7-14(8-6-13)20(2,3)4/h5-12H,1-4H3/t12-/m1/s1. The Kier molecular flexibility index (Phi) is 5.91. The second kappa shape index (κ2) is 7.59. The van der Waals surface area contributed by atoms with Crippen LogP contribution in [0.15, 0.2) is 42.5 Å². The zero-order valence-electron chi connectivity index (χ0n) is 14.6. The number of rotatable bonds is 4. The summed E-state index contributed by atoms with van der Waals surface area (Å²) < 4.78 is 5.25. The molecule has 0 amide bonds. The van der Waals surface area contributed by atoms with Crippen molar-refractivity contribution in [1.29, 1.82) is 0 Å². The van der Waals surface area contributed by atoms with Gasteiger partial charge in [-0.05, 0) is 36.1 Å². The highest BCUT2D eigenvalue weighted by molar-refractivity contribution is 6.35. The molecule has 132 valence electrons. The number of esters is 1. The lowest BCUT2D eigenvalue weighted by molar-refractivity contribution is 0.0319. The monoisotopic (exact) mass is 378 g/mol. The molecule has 0 spiro atoms. The number of halogens is 2. The Labute approximate surface area is 157 Å². The van der Waals surface area contributed by atoms with Gasteiger partial charge >= 0.3 is 5.97 Å². The maximum absolute atomic E-state index is 12.5. The highest BCUT2D eigenvalue weighted by atomic mass is 35.5. The summed E-state index contributed by atoms with van der Waals surface area (Å²) in [5, 5.41) is 0.594. The molecule has 0 aliphatic heterocycles. The van der Waals surface area contributed by atoms with Crippen LogP contribution in [0.3, 0.4) is 0 Å². The molecule has 0 aliphatic carbocycles. The SMILES string of the molecule is C[C@@H](OC(=O)c1cc(Cl)ccc1Cl)C(=O)c1ccc(C(C)(C)C)cc1. The average Bonchev–Trinajstić information content (AvgIpc) is 2.55. The van der Waals surface area contributed by atoms with E-state index in [0.717, 1.165) is 5.56 Å². The zero-order chi connectivity index (χ0) is 18.8. The maximum atomic E-state index is 12.5. The fourth-order valence-electron chi connectivity index (χ4n) is 2.30. The van der Waals surface area contributed by atoms with Crippen molar-refractivity contribution in [2.24, 2.45) is 0 Å². The molecule has 0 N–H and O–H groups in total. The Morgan fingerprint density at radius 3 is 2.16 bits per heavy atom. The summed E-state index contributed by atoms with van der Waals surface area (Å²) in [5.74, 6) is -0.952. The fourth-order valence-corrected chi connectivity index (χ4v) is 2.67. The van der Waals surface area contributed by atoms with Gasteiger partial charge in [0.25, 0.3) is 0 Å². The van der Waals surface area contributed by atoms with Crippen molar-refractivity contribution in [1.82, 2.24) is 0 Å². The van der Waals surface area contributed by atoms with Crippen LogP contribution in [0, 0.1) is 0 Å². The van der Waals surface area contributed by atoms with Crippen LogP contribution in [-0.4, -0.2) is 17.9 Å². The number of hydrogen-bond acceptors (Lipinski definition) is 3. The predicted octanol–water partition coefficient (Wildman–Crippen LogP) is 5.72. The fraction of sp³-hybridized carbons (Fsp3) is 0.300. The van der Waals surface area contributed by atoms with E-state index in [9.17, 15) is 9.59 Å². The van der Waals surface area contributed by atoms with Crippen LogP contribution in [-0.2, 0) is 10.2 Å². The van der Waals surface area contributed by atoms with Gasteiger partial charge in [0.2, 0.25) is 5.78 Å². The van der Waals surface area contributed by atoms with Crippen LogP contribution in [0.2, 0.25) is 10.0 Å². The molecule has 3 nitrogen and oxygen atoms in total. The van der Waals surface area contributed by atoms with E-state index in [2.05, 4.69) is 20.8 Å². The number of carbonyl (C=O) groups excluding carboxylic acids is 2. The van der Waals surface area contributed by atoms with Crippen LogP contribution < -0.4 is 0 Å². The number of ketones is 1. The zero-order valence-corrected chi connectivity index (χ0v) is 16.1. The van der Waals surface area contributed by atoms with Crippen LogP contribution in [0.5, 0.6) is 0 Å². The molecule has 5 heteroatoms. The molecule has 0 unspecified atom stereocenters. The normalized spacial score (nSPS) is 12.6. The van der Waals surface area contributed by atoms with E-state index in [0.29, 0.717) is 10.6 Å². The molecule has 25 heavy (non-hydrogen) atoms. The van der Waals surface area contributed by atoms with Gasteiger partial charge in [0, 0.05) is 10.6 Å². The van der Waals surface area contributed by atoms with E-state index in [-0.39, 0.29) is 21.8 Å². The van der Waals surface area contributed by atoms with Gasteiger partial charge in [-0.1, -0.05) is 68.2 Å². The third-order valence-electron chi connectivity index (χ3n) is 3.84. The minimum absolute atomic E-state index is 0.00296. The molecule has 0 saturated carbocycles. The lowest BCUT2D eigenvalue weighted by Gasteiger charge is -2.19. The first-order valence-electron chi connectivity index (χ1n) is 7.90. The molecule has 2 rings (SSSR count). The lowest BCUT2D eigenvalue weighted by atomic mass is 9.86. The van der Waals surface area contributed by atoms with Crippen molar-refractivity contribution >= 4 is 35.0 Å². The molecule has 0 fully saturated rings. The van der Waals surface area contributed by atoms with Crippen LogP contribution >= 0.6 is 23.2 Å². The van der Waals surface area contributed by atoms with Crippen molar-refractivity contribution in [3.8, 4) is 0 Å². The third-order valence-corrected chi connectivity index (χ3v) is 4.40. The number of ether oxygens (including phenoxy) is 1. The molecular weight excluding hydrogens is 359 g/mol. The van der Waals surface area contributed by atoms with Crippen molar-refractivity contribution in [3.05, 3.63) is 69.2 Å². The first-order valence-corrected chi connectivity index (χ1v) is 8.66. The molecule has 0 aliphatic rings. The molecule has 0 saturated heterocycles. The van der Waals surface area contributed by atoms with Crippen molar-refractivity contribution in [2.45, 2.75) is 39.2 Å². The van der Waals surface area contributed by atoms with Gasteiger partial charge in [-0.3, -0.25) is 4.79 Å². The van der Waals surface area contributed by atoms with Crippen molar-refractivity contribution in [3.63, 3.8) is 0 Å². The summed E-state index contributed by atoms with van der Waals surface area (Å²) in [6.07, 6.45) is -0.928. The third kappa shape index (κ3) is 4.83. The van der Waals surface area contributed by atoms with E-state index >= 15 is 0 Å². The largest absolute Gasteiger partial charge is 0.451 e. The minimum Gasteiger partial charge on any atom is -0.451 e. The topological polar surface area (TPSA) is 43.4 Å². The van der Waals surface area contributed by atoms with Gasteiger partial charge < -0.3 is 4.74 Å². The smallest absolute Gasteiger partial charge is 0.340 e. The van der Waals surface area contributed by atoms with E-state index in [1.165, 1.54) is 19.1 Å². The van der Waals surface area contributed by atoms with E-state index < -0.39 is 12.1 Å². The van der Waals surface area contributed by atoms with Crippen molar-refractivity contribution < 1.29 is 14.3 Å². The molecule has 2 aromatic carbocycles. The lowest BCUT2D eigenvalue weighted by Crippen LogP contribution is -2.24. The summed E-state index contributed by atoms with van der Waals surface area (Å²) in [4.78, 5) is 24.7. The molecular formula is C20H20Cl2O3. The van der Waals surface area contributed by atoms with Gasteiger partial charge in [-0.15, -0.1) is 0 Å². The van der Waals surface area contributed by atoms with Crippen molar-refractivity contribution in [2.75, 3.05) is 0 Å². The maximum Gasteiger partial charge on any atom is 0.340 e. The summed E-state index contributed by atoms with van der Waals surface area (Å²) in [5.41, 5.74) is 1.75. The van der Waals surface area contributed by atoms with Crippen LogP contribution in [0.1, 0.15) is 54.0 Å². The number of hydrogen-bond donors (Lipinski definition) is 0.